The molecular weight excluding hydrogens is 190 g/mol. The Kier molecular flexibility index (Phi) is 10.1. The highest BCUT2D eigenvalue weighted by Gasteiger charge is 2.07. The van der Waals surface area contributed by atoms with Gasteiger partial charge in [0.1, 0.15) is 0 Å². The molecule has 0 aliphatic heterocycles. The average Bonchev–Trinajstić information content (AvgIpc) is 2.15. The molecule has 0 rings (SSSR count). The Morgan fingerprint density at radius 3 is 2.00 bits per heavy atom. The van der Waals surface area contributed by atoms with Gasteiger partial charge in [0, 0.05) is 6.04 Å². The van der Waals surface area contributed by atoms with E-state index in [1.165, 1.54) is 45.2 Å². The van der Waals surface area contributed by atoms with Gasteiger partial charge in [0.15, 0.2) is 0 Å². The van der Waals surface area contributed by atoms with E-state index < -0.39 is 0 Å². The summed E-state index contributed by atoms with van der Waals surface area (Å²) < 4.78 is 0. The SMILES string of the molecule is CCCCCN(CCCCS)C(C)C. The molecule has 14 heavy (non-hydrogen) atoms. The Labute approximate surface area is 95.7 Å². The molecular formula is C12H27NS. The minimum absolute atomic E-state index is 0.701. The highest BCUT2D eigenvalue weighted by atomic mass is 32.1. The van der Waals surface area contributed by atoms with Crippen molar-refractivity contribution in [1.29, 1.82) is 0 Å². The second-order valence-electron chi connectivity index (χ2n) is 4.27. The first kappa shape index (κ1) is 14.3. The average molecular weight is 217 g/mol. The van der Waals surface area contributed by atoms with Gasteiger partial charge in [-0.2, -0.15) is 12.6 Å². The monoisotopic (exact) mass is 217 g/mol. The van der Waals surface area contributed by atoms with Gasteiger partial charge in [-0.15, -0.1) is 0 Å². The van der Waals surface area contributed by atoms with Crippen molar-refractivity contribution in [1.82, 2.24) is 4.90 Å². The lowest BCUT2D eigenvalue weighted by molar-refractivity contribution is 0.214. The van der Waals surface area contributed by atoms with Gasteiger partial charge < -0.3 is 4.90 Å². The van der Waals surface area contributed by atoms with Gasteiger partial charge in [-0.3, -0.25) is 0 Å². The first-order valence-corrected chi connectivity index (χ1v) is 6.70. The Balaban J connectivity index is 3.55. The van der Waals surface area contributed by atoms with Gasteiger partial charge in [0.2, 0.25) is 0 Å². The molecule has 0 aromatic rings. The maximum absolute atomic E-state index is 4.24. The van der Waals surface area contributed by atoms with Crippen molar-refractivity contribution >= 4 is 12.6 Å². The number of rotatable bonds is 9. The number of thiol groups is 1. The van der Waals surface area contributed by atoms with Gasteiger partial charge in [-0.25, -0.2) is 0 Å². The molecule has 0 aromatic carbocycles. The second-order valence-corrected chi connectivity index (χ2v) is 4.71. The first-order chi connectivity index (χ1) is 6.72. The van der Waals surface area contributed by atoms with Crippen molar-refractivity contribution in [2.45, 2.75) is 58.9 Å². The van der Waals surface area contributed by atoms with Crippen LogP contribution in [0.2, 0.25) is 0 Å². The Morgan fingerprint density at radius 1 is 1.00 bits per heavy atom. The van der Waals surface area contributed by atoms with Crippen LogP contribution >= 0.6 is 12.6 Å². The van der Waals surface area contributed by atoms with E-state index in [-0.39, 0.29) is 0 Å². The third kappa shape index (κ3) is 7.69. The normalized spacial score (nSPS) is 11.6. The van der Waals surface area contributed by atoms with E-state index in [1.54, 1.807) is 0 Å². The summed E-state index contributed by atoms with van der Waals surface area (Å²) >= 11 is 4.24. The molecule has 0 radical (unpaired) electrons. The lowest BCUT2D eigenvalue weighted by atomic mass is 10.2. The molecule has 0 saturated heterocycles. The van der Waals surface area contributed by atoms with E-state index in [2.05, 4.69) is 38.3 Å². The van der Waals surface area contributed by atoms with E-state index in [0.29, 0.717) is 6.04 Å². The third-order valence-corrected chi connectivity index (χ3v) is 2.95. The fourth-order valence-electron chi connectivity index (χ4n) is 1.62. The second kappa shape index (κ2) is 9.85. The highest BCUT2D eigenvalue weighted by molar-refractivity contribution is 7.80. The molecule has 0 atom stereocenters. The van der Waals surface area contributed by atoms with Crippen LogP contribution in [-0.4, -0.2) is 29.8 Å². The van der Waals surface area contributed by atoms with Crippen molar-refractivity contribution < 1.29 is 0 Å². The van der Waals surface area contributed by atoms with Gasteiger partial charge in [0.05, 0.1) is 0 Å². The molecule has 0 aromatic heterocycles. The molecule has 0 saturated carbocycles. The zero-order chi connectivity index (χ0) is 10.8. The zero-order valence-corrected chi connectivity index (χ0v) is 11.0. The molecule has 0 aliphatic carbocycles. The predicted molar refractivity (Wildman–Crippen MR) is 69.3 cm³/mol. The van der Waals surface area contributed by atoms with E-state index >= 15 is 0 Å². The van der Waals surface area contributed by atoms with Crippen LogP contribution in [-0.2, 0) is 0 Å². The summed E-state index contributed by atoms with van der Waals surface area (Å²) in [6.07, 6.45) is 6.60. The lowest BCUT2D eigenvalue weighted by Crippen LogP contribution is -2.32. The van der Waals surface area contributed by atoms with E-state index in [9.17, 15) is 0 Å². The Bertz CT molecular complexity index is 105. The van der Waals surface area contributed by atoms with Gasteiger partial charge >= 0.3 is 0 Å². The van der Waals surface area contributed by atoms with E-state index in [1.807, 2.05) is 0 Å². The molecule has 0 fully saturated rings. The van der Waals surface area contributed by atoms with Crippen molar-refractivity contribution in [3.05, 3.63) is 0 Å². The third-order valence-electron chi connectivity index (χ3n) is 2.63. The fourth-order valence-corrected chi connectivity index (χ4v) is 1.84. The molecule has 2 heteroatoms. The van der Waals surface area contributed by atoms with Crippen LogP contribution in [0.5, 0.6) is 0 Å². The maximum atomic E-state index is 4.24. The summed E-state index contributed by atoms with van der Waals surface area (Å²) in [5, 5.41) is 0. The molecule has 86 valence electrons. The molecule has 0 heterocycles. The quantitative estimate of drug-likeness (QED) is 0.456. The summed E-state index contributed by atoms with van der Waals surface area (Å²) in [6, 6.07) is 0.701. The lowest BCUT2D eigenvalue weighted by Gasteiger charge is -2.26. The summed E-state index contributed by atoms with van der Waals surface area (Å²) in [5.41, 5.74) is 0. The Morgan fingerprint density at radius 2 is 1.57 bits per heavy atom. The zero-order valence-electron chi connectivity index (χ0n) is 10.1. The number of hydrogen-bond acceptors (Lipinski definition) is 2. The number of unbranched alkanes of at least 4 members (excludes halogenated alkanes) is 3. The van der Waals surface area contributed by atoms with Crippen LogP contribution in [0.3, 0.4) is 0 Å². The van der Waals surface area contributed by atoms with Crippen molar-refractivity contribution in [2.24, 2.45) is 0 Å². The van der Waals surface area contributed by atoms with Crippen LogP contribution < -0.4 is 0 Å². The van der Waals surface area contributed by atoms with Crippen LogP contribution in [0.25, 0.3) is 0 Å². The molecule has 0 bridgehead atoms. The molecule has 0 amide bonds. The van der Waals surface area contributed by atoms with E-state index in [4.69, 9.17) is 0 Å². The summed E-state index contributed by atoms with van der Waals surface area (Å²) in [6.45, 7) is 9.39. The topological polar surface area (TPSA) is 3.24 Å². The summed E-state index contributed by atoms with van der Waals surface area (Å²) in [5.74, 6) is 1.03. The van der Waals surface area contributed by atoms with Crippen molar-refractivity contribution in [3.63, 3.8) is 0 Å². The van der Waals surface area contributed by atoms with Crippen LogP contribution in [0.4, 0.5) is 0 Å². The van der Waals surface area contributed by atoms with Gasteiger partial charge in [-0.1, -0.05) is 19.8 Å². The number of nitrogens with zero attached hydrogens (tertiary/aromatic N) is 1. The largest absolute Gasteiger partial charge is 0.301 e. The van der Waals surface area contributed by atoms with Crippen LogP contribution in [0.1, 0.15) is 52.9 Å². The van der Waals surface area contributed by atoms with Gasteiger partial charge in [-0.05, 0) is 52.0 Å². The van der Waals surface area contributed by atoms with Crippen LogP contribution in [0.15, 0.2) is 0 Å². The van der Waals surface area contributed by atoms with Gasteiger partial charge in [0.25, 0.3) is 0 Å². The Hall–Kier alpha value is 0.310. The maximum Gasteiger partial charge on any atom is 0.00385 e. The fraction of sp³-hybridized carbons (Fsp3) is 1.00. The minimum atomic E-state index is 0.701. The first-order valence-electron chi connectivity index (χ1n) is 6.07. The summed E-state index contributed by atoms with van der Waals surface area (Å²) in [4.78, 5) is 2.60. The standard InChI is InChI=1S/C12H27NS/c1-4-5-6-9-13(12(2)3)10-7-8-11-14/h12,14H,4-11H2,1-3H3. The molecule has 0 N–H and O–H groups in total. The molecule has 0 unspecified atom stereocenters. The smallest absolute Gasteiger partial charge is 0.00385 e. The molecule has 0 spiro atoms. The summed E-state index contributed by atoms with van der Waals surface area (Å²) in [7, 11) is 0. The van der Waals surface area contributed by atoms with Crippen molar-refractivity contribution in [3.8, 4) is 0 Å². The number of hydrogen-bond donors (Lipinski definition) is 1. The highest BCUT2D eigenvalue weighted by Crippen LogP contribution is 2.05. The molecule has 1 nitrogen and oxygen atoms in total. The minimum Gasteiger partial charge on any atom is -0.301 e. The van der Waals surface area contributed by atoms with Crippen molar-refractivity contribution in [2.75, 3.05) is 18.8 Å². The predicted octanol–water partition coefficient (Wildman–Crippen LogP) is 3.60. The molecule has 0 aliphatic rings. The van der Waals surface area contributed by atoms with E-state index in [0.717, 1.165) is 5.75 Å². The van der Waals surface area contributed by atoms with Crippen LogP contribution in [0, 0.1) is 0 Å².